The number of halogens is 1. The summed E-state index contributed by atoms with van der Waals surface area (Å²) >= 11 is 6.06. The Morgan fingerprint density at radius 1 is 1.06 bits per heavy atom. The predicted molar refractivity (Wildman–Crippen MR) is 129 cm³/mol. The number of aromatic nitrogens is 2. The molecule has 1 aromatic carbocycles. The van der Waals surface area contributed by atoms with E-state index in [1.807, 2.05) is 24.3 Å². The number of benzene rings is 1. The molecule has 3 atom stereocenters. The van der Waals surface area contributed by atoms with E-state index in [2.05, 4.69) is 47.7 Å². The lowest BCUT2D eigenvalue weighted by molar-refractivity contribution is 0.119. The Hall–Kier alpha value is -3.39. The van der Waals surface area contributed by atoms with E-state index in [9.17, 15) is 15.3 Å². The van der Waals surface area contributed by atoms with E-state index < -0.39 is 0 Å². The van der Waals surface area contributed by atoms with Gasteiger partial charge in [-0.05, 0) is 50.6 Å². The van der Waals surface area contributed by atoms with Crippen molar-refractivity contribution in [2.75, 3.05) is 18.0 Å². The highest BCUT2D eigenvalue weighted by Gasteiger charge is 2.35. The second kappa shape index (κ2) is 8.86. The molecule has 0 radical (unpaired) electrons. The van der Waals surface area contributed by atoms with Crippen LogP contribution in [0.3, 0.4) is 0 Å². The quantitative estimate of drug-likeness (QED) is 0.587. The molecule has 168 valence electrons. The van der Waals surface area contributed by atoms with Gasteiger partial charge in [0.25, 0.3) is 5.56 Å². The van der Waals surface area contributed by atoms with Gasteiger partial charge in [-0.2, -0.15) is 10.5 Å². The molecule has 1 saturated heterocycles. The highest BCUT2D eigenvalue weighted by molar-refractivity contribution is 6.30. The summed E-state index contributed by atoms with van der Waals surface area (Å²) in [5.74, 6) is 0. The van der Waals surface area contributed by atoms with Gasteiger partial charge in [0.05, 0.1) is 11.2 Å². The Morgan fingerprint density at radius 2 is 1.76 bits per heavy atom. The second-order valence-corrected chi connectivity index (χ2v) is 9.09. The van der Waals surface area contributed by atoms with E-state index in [4.69, 9.17) is 11.6 Å². The van der Waals surface area contributed by atoms with Crippen LogP contribution in [0.2, 0.25) is 5.02 Å². The molecule has 0 N–H and O–H groups in total. The molecule has 0 spiro atoms. The van der Waals surface area contributed by atoms with Crippen LogP contribution in [0.25, 0.3) is 11.0 Å². The fourth-order valence-electron chi connectivity index (χ4n) is 4.77. The molecule has 1 unspecified atom stereocenters. The molecule has 1 fully saturated rings. The van der Waals surface area contributed by atoms with Crippen molar-refractivity contribution >= 4 is 28.3 Å². The first kappa shape index (κ1) is 22.8. The first-order valence-corrected chi connectivity index (χ1v) is 11.3. The number of aryl methyl sites for hydroxylation is 1. The third-order valence-electron chi connectivity index (χ3n) is 6.61. The fraction of sp³-hybridized carbons (Fsp3) is 0.360. The summed E-state index contributed by atoms with van der Waals surface area (Å²) < 4.78 is 1.43. The minimum Gasteiger partial charge on any atom is -0.363 e. The number of nitriles is 2. The molecule has 0 saturated carbocycles. The van der Waals surface area contributed by atoms with Gasteiger partial charge in [-0.1, -0.05) is 23.7 Å². The first-order valence-electron chi connectivity index (χ1n) is 10.9. The van der Waals surface area contributed by atoms with Gasteiger partial charge < -0.3 is 9.47 Å². The maximum atomic E-state index is 13.0. The van der Waals surface area contributed by atoms with E-state index in [-0.39, 0.29) is 34.9 Å². The highest BCUT2D eigenvalue weighted by atomic mass is 35.5. The summed E-state index contributed by atoms with van der Waals surface area (Å²) in [7, 11) is 1.63. The summed E-state index contributed by atoms with van der Waals surface area (Å²) in [6.45, 7) is 7.77. The summed E-state index contributed by atoms with van der Waals surface area (Å²) in [6.07, 6.45) is 0. The third-order valence-corrected chi connectivity index (χ3v) is 6.86. The minimum atomic E-state index is -0.358. The molecular weight excluding hydrogens is 436 g/mol. The van der Waals surface area contributed by atoms with Gasteiger partial charge >= 0.3 is 0 Å². The Bertz CT molecular complexity index is 1350. The second-order valence-electron chi connectivity index (χ2n) is 8.65. The maximum Gasteiger partial charge on any atom is 0.270 e. The number of anilines is 1. The molecule has 0 amide bonds. The topological polar surface area (TPSA) is 89.0 Å². The van der Waals surface area contributed by atoms with Crippen molar-refractivity contribution < 1.29 is 0 Å². The molecule has 1 aliphatic heterocycles. The summed E-state index contributed by atoms with van der Waals surface area (Å²) in [5.41, 5.74) is 2.77. The third kappa shape index (κ3) is 3.95. The Labute approximate surface area is 198 Å². The standard InChI is InChI=1S/C25H25ClN6O/c1-15-14-32(16(2)13-31(15)17(3)18-5-7-19(26)8-6-18)24-21(12-28)25(33)30(4)22-10-9-20(11-27)29-23(22)24/h5-10,15-17H,13-14H2,1-4H3/t15-,16-,17?/m0/s1. The molecule has 1 aliphatic rings. The largest absolute Gasteiger partial charge is 0.363 e. The van der Waals surface area contributed by atoms with Crippen molar-refractivity contribution in [3.8, 4) is 12.1 Å². The van der Waals surface area contributed by atoms with Gasteiger partial charge in [-0.15, -0.1) is 0 Å². The smallest absolute Gasteiger partial charge is 0.270 e. The van der Waals surface area contributed by atoms with Crippen molar-refractivity contribution in [2.45, 2.75) is 38.9 Å². The highest BCUT2D eigenvalue weighted by Crippen LogP contribution is 2.34. The zero-order valence-corrected chi connectivity index (χ0v) is 19.8. The molecule has 8 heteroatoms. The average molecular weight is 461 g/mol. The van der Waals surface area contributed by atoms with Gasteiger partial charge in [-0.25, -0.2) is 4.98 Å². The Balaban J connectivity index is 1.78. The number of hydrogen-bond acceptors (Lipinski definition) is 6. The molecule has 0 aliphatic carbocycles. The van der Waals surface area contributed by atoms with Gasteiger partial charge in [0.2, 0.25) is 0 Å². The van der Waals surface area contributed by atoms with Crippen LogP contribution in [0, 0.1) is 22.7 Å². The van der Waals surface area contributed by atoms with Gasteiger partial charge in [-0.3, -0.25) is 9.69 Å². The lowest BCUT2D eigenvalue weighted by atomic mass is 9.99. The molecular formula is C25H25ClN6O. The zero-order valence-electron chi connectivity index (χ0n) is 19.1. The van der Waals surface area contributed by atoms with Crippen LogP contribution in [0.1, 0.15) is 43.6 Å². The number of rotatable bonds is 3. The van der Waals surface area contributed by atoms with Crippen molar-refractivity contribution in [1.82, 2.24) is 14.5 Å². The molecule has 4 rings (SSSR count). The number of piperazine rings is 1. The number of pyridine rings is 2. The maximum absolute atomic E-state index is 13.0. The van der Waals surface area contributed by atoms with Crippen LogP contribution in [-0.4, -0.2) is 39.6 Å². The number of hydrogen-bond donors (Lipinski definition) is 0. The molecule has 7 nitrogen and oxygen atoms in total. The van der Waals surface area contributed by atoms with Crippen molar-refractivity contribution in [1.29, 1.82) is 10.5 Å². The molecule has 3 aromatic rings. The van der Waals surface area contributed by atoms with Crippen LogP contribution in [-0.2, 0) is 7.05 Å². The zero-order chi connectivity index (χ0) is 23.9. The number of fused-ring (bicyclic) bond motifs is 1. The summed E-state index contributed by atoms with van der Waals surface area (Å²) in [6, 6.07) is 15.7. The Kier molecular flexibility index (Phi) is 6.12. The lowest BCUT2D eigenvalue weighted by Gasteiger charge is -2.48. The van der Waals surface area contributed by atoms with Crippen molar-refractivity contribution in [3.05, 3.63) is 68.6 Å². The van der Waals surface area contributed by atoms with Gasteiger partial charge in [0.15, 0.2) is 0 Å². The van der Waals surface area contributed by atoms with Gasteiger partial charge in [0.1, 0.15) is 28.9 Å². The summed E-state index contributed by atoms with van der Waals surface area (Å²) in [5, 5.41) is 20.0. The lowest BCUT2D eigenvalue weighted by Crippen LogP contribution is -2.57. The van der Waals surface area contributed by atoms with Crippen molar-refractivity contribution in [2.24, 2.45) is 7.05 Å². The van der Waals surface area contributed by atoms with Gasteiger partial charge in [0, 0.05) is 43.3 Å². The summed E-state index contributed by atoms with van der Waals surface area (Å²) in [4.78, 5) is 22.0. The molecule has 2 aromatic heterocycles. The van der Waals surface area contributed by atoms with Crippen LogP contribution in [0.5, 0.6) is 0 Å². The van der Waals surface area contributed by atoms with E-state index in [0.29, 0.717) is 28.3 Å². The van der Waals surface area contributed by atoms with Crippen LogP contribution in [0.15, 0.2) is 41.2 Å². The van der Waals surface area contributed by atoms with E-state index in [1.54, 1.807) is 19.2 Å². The Morgan fingerprint density at radius 3 is 2.39 bits per heavy atom. The molecule has 0 bridgehead atoms. The van der Waals surface area contributed by atoms with Crippen LogP contribution in [0.4, 0.5) is 5.69 Å². The minimum absolute atomic E-state index is 0.0194. The number of nitrogens with zero attached hydrogens (tertiary/aromatic N) is 6. The van der Waals surface area contributed by atoms with Crippen molar-refractivity contribution in [3.63, 3.8) is 0 Å². The van der Waals surface area contributed by atoms with Crippen LogP contribution < -0.4 is 10.5 Å². The van der Waals surface area contributed by atoms with E-state index in [1.165, 1.54) is 10.1 Å². The normalized spacial score (nSPS) is 19.8. The average Bonchev–Trinajstić information content (AvgIpc) is 2.82. The monoisotopic (exact) mass is 460 g/mol. The molecule has 33 heavy (non-hydrogen) atoms. The SMILES string of the molecule is CC(c1ccc(Cl)cc1)N1C[C@H](C)N(c2c(C#N)c(=O)n(C)c3ccc(C#N)nc23)C[C@@H]1C. The first-order chi connectivity index (χ1) is 15.8. The van der Waals surface area contributed by atoms with Crippen LogP contribution >= 0.6 is 11.6 Å². The molecule has 3 heterocycles. The van der Waals surface area contributed by atoms with E-state index in [0.717, 1.165) is 6.54 Å². The fourth-order valence-corrected chi connectivity index (χ4v) is 4.90. The van der Waals surface area contributed by atoms with E-state index >= 15 is 0 Å². The predicted octanol–water partition coefficient (Wildman–Crippen LogP) is 3.99.